The molecule has 2 aliphatic rings. The Morgan fingerprint density at radius 3 is 2.44 bits per heavy atom. The first kappa shape index (κ1) is 17.5. The van der Waals surface area contributed by atoms with Crippen molar-refractivity contribution in [2.24, 2.45) is 7.05 Å². The second-order valence-electron chi connectivity index (χ2n) is 9.16. The second-order valence-corrected chi connectivity index (χ2v) is 9.16. The Morgan fingerprint density at radius 2 is 1.81 bits per heavy atom. The minimum Gasteiger partial charge on any atom is -0.444 e. The number of amides is 3. The fraction of sp³-hybridized carbons (Fsp3) is 0.565. The van der Waals surface area contributed by atoms with Gasteiger partial charge in [-0.3, -0.25) is 24.0 Å². The van der Waals surface area contributed by atoms with Crippen molar-refractivity contribution in [2.75, 3.05) is 13.0 Å². The summed E-state index contributed by atoms with van der Waals surface area (Å²) in [6.45, 7) is 0.234. The Balaban J connectivity index is 1.69. The molecule has 1 unspecified atom stereocenters. The highest BCUT2D eigenvalue weighted by atomic mass is 16.6. The number of likely N-dealkylation sites (tertiary alicyclic amines) is 1. The van der Waals surface area contributed by atoms with Crippen LogP contribution in [0.2, 0.25) is 0 Å². The van der Waals surface area contributed by atoms with E-state index < -0.39 is 48.2 Å². The summed E-state index contributed by atoms with van der Waals surface area (Å²) in [4.78, 5) is 50.2. The molecule has 1 aromatic heterocycles. The molecule has 1 aromatic carbocycles. The number of hydrogen-bond acceptors (Lipinski definition) is 5. The van der Waals surface area contributed by atoms with Crippen LogP contribution in [0.5, 0.6) is 0 Å². The van der Waals surface area contributed by atoms with Gasteiger partial charge in [0.05, 0.1) is 11.0 Å². The first-order valence-electron chi connectivity index (χ1n) is 12.6. The van der Waals surface area contributed by atoms with E-state index in [1.807, 2.05) is 0 Å². The average Bonchev–Trinajstić information content (AvgIpc) is 2.95. The van der Waals surface area contributed by atoms with Gasteiger partial charge in [0.2, 0.25) is 11.8 Å². The summed E-state index contributed by atoms with van der Waals surface area (Å²) in [7, 11) is 1.56. The van der Waals surface area contributed by atoms with Crippen LogP contribution in [0.25, 0.3) is 11.0 Å². The summed E-state index contributed by atoms with van der Waals surface area (Å²) in [6, 6.07) is 4.20. The van der Waals surface area contributed by atoms with Gasteiger partial charge in [0.15, 0.2) is 0 Å². The van der Waals surface area contributed by atoms with Gasteiger partial charge in [-0.25, -0.2) is 9.59 Å². The molecule has 9 heteroatoms. The minimum absolute atomic E-state index is 0.123. The molecule has 2 fully saturated rings. The highest BCUT2D eigenvalue weighted by Crippen LogP contribution is 2.31. The maximum Gasteiger partial charge on any atom is 0.410 e. The maximum atomic E-state index is 13.0. The topological polar surface area (TPSA) is 103 Å². The molecule has 1 N–H and O–H groups in total. The van der Waals surface area contributed by atoms with Crippen molar-refractivity contribution >= 4 is 28.9 Å². The zero-order valence-corrected chi connectivity index (χ0v) is 18.6. The quantitative estimate of drug-likeness (QED) is 0.714. The predicted octanol–water partition coefficient (Wildman–Crippen LogP) is 2.43. The van der Waals surface area contributed by atoms with Gasteiger partial charge in [-0.2, -0.15) is 0 Å². The zero-order valence-electron chi connectivity index (χ0n) is 22.6. The summed E-state index contributed by atoms with van der Waals surface area (Å²) in [6.07, 6.45) is -1.07. The molecule has 0 aliphatic carbocycles. The number of imidazole rings is 1. The van der Waals surface area contributed by atoms with Gasteiger partial charge in [-0.1, -0.05) is 6.07 Å². The number of nitrogens with zero attached hydrogens (tertiary/aromatic N) is 3. The van der Waals surface area contributed by atoms with Crippen LogP contribution < -0.4 is 11.0 Å². The van der Waals surface area contributed by atoms with Gasteiger partial charge in [0, 0.05) is 31.9 Å². The van der Waals surface area contributed by atoms with Crippen molar-refractivity contribution in [3.63, 3.8) is 0 Å². The molecule has 2 aromatic rings. The van der Waals surface area contributed by atoms with Crippen LogP contribution in [0.15, 0.2) is 23.0 Å². The number of carbonyl (C=O) groups is 3. The Hall–Kier alpha value is -3.10. The van der Waals surface area contributed by atoms with Gasteiger partial charge in [-0.15, -0.1) is 0 Å². The molecule has 1 atom stereocenters. The molecule has 3 amide bonds. The number of aromatic nitrogens is 2. The number of benzene rings is 1. The van der Waals surface area contributed by atoms with Crippen molar-refractivity contribution < 1.29 is 24.6 Å². The number of aryl methyl sites for hydroxylation is 1. The summed E-state index contributed by atoms with van der Waals surface area (Å²) in [5.41, 5.74) is 0.249. The van der Waals surface area contributed by atoms with Crippen molar-refractivity contribution in [1.82, 2.24) is 19.4 Å². The van der Waals surface area contributed by atoms with Gasteiger partial charge < -0.3 is 9.64 Å². The lowest BCUT2D eigenvalue weighted by molar-refractivity contribution is -0.135. The lowest BCUT2D eigenvalue weighted by Crippen LogP contribution is -2.44. The van der Waals surface area contributed by atoms with E-state index in [0.717, 1.165) is 0 Å². The molecule has 9 nitrogen and oxygen atoms in total. The van der Waals surface area contributed by atoms with E-state index >= 15 is 0 Å². The lowest BCUT2D eigenvalue weighted by atomic mass is 9.89. The normalized spacial score (nSPS) is 25.5. The maximum absolute atomic E-state index is 13.0. The van der Waals surface area contributed by atoms with Crippen LogP contribution in [0, 0.1) is 0 Å². The van der Waals surface area contributed by atoms with Crippen LogP contribution in [0.4, 0.5) is 4.79 Å². The molecule has 0 bridgehead atoms. The number of rotatable bonds is 2. The highest BCUT2D eigenvalue weighted by Gasteiger charge is 2.32. The second kappa shape index (κ2) is 8.11. The van der Waals surface area contributed by atoms with Crippen LogP contribution in [-0.2, 0) is 21.4 Å². The van der Waals surface area contributed by atoms with Gasteiger partial charge in [0.1, 0.15) is 11.6 Å². The molecule has 2 saturated heterocycles. The van der Waals surface area contributed by atoms with Crippen molar-refractivity contribution in [3.05, 3.63) is 34.2 Å². The monoisotopic (exact) mass is 446 g/mol. The number of nitrogens with one attached hydrogen (secondary N) is 1. The molecular formula is C23H30N4O5. The molecule has 172 valence electrons. The third-order valence-electron chi connectivity index (χ3n) is 5.67. The summed E-state index contributed by atoms with van der Waals surface area (Å²) < 4.78 is 42.0. The van der Waals surface area contributed by atoms with E-state index in [4.69, 9.17) is 10.2 Å². The van der Waals surface area contributed by atoms with E-state index in [-0.39, 0.29) is 31.6 Å². The molecule has 0 spiro atoms. The zero-order chi connectivity index (χ0) is 26.8. The van der Waals surface area contributed by atoms with E-state index in [1.54, 1.807) is 46.0 Å². The van der Waals surface area contributed by atoms with E-state index in [0.29, 0.717) is 21.5 Å². The summed E-state index contributed by atoms with van der Waals surface area (Å²) >= 11 is 0. The Kier molecular flexibility index (Phi) is 4.42. The molecule has 4 rings (SSSR count). The van der Waals surface area contributed by atoms with Crippen LogP contribution in [0.3, 0.4) is 0 Å². The third kappa shape index (κ3) is 4.16. The Morgan fingerprint density at radius 1 is 1.12 bits per heavy atom. The summed E-state index contributed by atoms with van der Waals surface area (Å²) in [5, 5.41) is 2.26. The van der Waals surface area contributed by atoms with Gasteiger partial charge in [-0.05, 0) is 63.6 Å². The molecule has 2 aliphatic heterocycles. The first-order valence-corrected chi connectivity index (χ1v) is 10.6. The highest BCUT2D eigenvalue weighted by molar-refractivity contribution is 6.00. The average molecular weight is 447 g/mol. The smallest absolute Gasteiger partial charge is 0.410 e. The number of fused-ring (bicyclic) bond motifs is 1. The largest absolute Gasteiger partial charge is 0.444 e. The standard InChI is InChI=1S/C23H30N4O5/c1-23(2,3)32-22(31)26-11-9-14(10-12-26)15-5-6-16-18(13-15)25(4)21(30)27(16)17-7-8-19(28)24-20(17)29/h5-6,13-14,17H,7-12H2,1-4H3,(H,24,28,29)/i11D2,12D2. The fourth-order valence-electron chi connectivity index (χ4n) is 4.07. The Labute approximate surface area is 191 Å². The van der Waals surface area contributed by atoms with E-state index in [1.165, 1.54) is 9.13 Å². The van der Waals surface area contributed by atoms with Crippen molar-refractivity contribution in [3.8, 4) is 0 Å². The lowest BCUT2D eigenvalue weighted by Gasteiger charge is -2.33. The molecule has 0 saturated carbocycles. The van der Waals surface area contributed by atoms with Crippen LogP contribution in [0.1, 0.15) is 69.5 Å². The number of carbonyl (C=O) groups excluding carboxylic acids is 3. The molecule has 3 heterocycles. The van der Waals surface area contributed by atoms with E-state index in [9.17, 15) is 19.2 Å². The van der Waals surface area contributed by atoms with Crippen LogP contribution >= 0.6 is 0 Å². The predicted molar refractivity (Wildman–Crippen MR) is 118 cm³/mol. The minimum atomic E-state index is -2.33. The first-order chi connectivity index (χ1) is 16.5. The number of ether oxygens (including phenoxy) is 1. The molecule has 32 heavy (non-hydrogen) atoms. The molecule has 0 radical (unpaired) electrons. The van der Waals surface area contributed by atoms with Gasteiger partial charge in [0.25, 0.3) is 0 Å². The molecular weight excluding hydrogens is 412 g/mol. The third-order valence-corrected chi connectivity index (χ3v) is 5.67. The van der Waals surface area contributed by atoms with Crippen molar-refractivity contribution in [1.29, 1.82) is 0 Å². The van der Waals surface area contributed by atoms with E-state index in [2.05, 4.69) is 5.32 Å². The van der Waals surface area contributed by atoms with Gasteiger partial charge >= 0.3 is 11.8 Å². The SMILES string of the molecule is [2H]C1([2H])CC(c2ccc3c(c2)n(C)c(=O)n3C2CCC(=O)NC2=O)CC([2H])([2H])N1C(=O)OC(C)(C)C. The van der Waals surface area contributed by atoms with Crippen LogP contribution in [-0.4, -0.2) is 50.5 Å². The Bertz CT molecular complexity index is 1290. The fourth-order valence-corrected chi connectivity index (χ4v) is 4.07. The summed E-state index contributed by atoms with van der Waals surface area (Å²) in [5.74, 6) is -1.51. The van der Waals surface area contributed by atoms with Crippen molar-refractivity contribution in [2.45, 2.75) is 64.0 Å². The number of piperidine rings is 2. The number of imide groups is 1. The number of hydrogen-bond donors (Lipinski definition) is 1.